The third-order valence-corrected chi connectivity index (χ3v) is 5.58. The number of halogens is 1. The summed E-state index contributed by atoms with van der Waals surface area (Å²) in [6.07, 6.45) is 0.0217. The maximum Gasteiger partial charge on any atom is 0.278 e. The predicted octanol–water partition coefficient (Wildman–Crippen LogP) is 4.80. The Hall–Kier alpha value is -2.83. The lowest BCUT2D eigenvalue weighted by atomic mass is 10.0. The Morgan fingerprint density at radius 2 is 1.59 bits per heavy atom. The van der Waals surface area contributed by atoms with Crippen LogP contribution in [0.2, 0.25) is 5.02 Å². The third-order valence-electron chi connectivity index (χ3n) is 5.33. The van der Waals surface area contributed by atoms with E-state index in [1.807, 2.05) is 38.1 Å². The number of carbonyl (C=O) groups excluding carboxylic acids is 2. The zero-order valence-electron chi connectivity index (χ0n) is 19.0. The van der Waals surface area contributed by atoms with Gasteiger partial charge in [-0.1, -0.05) is 23.7 Å². The Morgan fingerprint density at radius 1 is 0.969 bits per heavy atom. The molecular formula is C25H30ClN3O3. The number of imide groups is 1. The molecule has 1 N–H and O–H groups in total. The van der Waals surface area contributed by atoms with Crippen LogP contribution in [0.25, 0.3) is 5.57 Å². The summed E-state index contributed by atoms with van der Waals surface area (Å²) in [4.78, 5) is 29.9. The molecule has 0 spiro atoms. The fraction of sp³-hybridized carbons (Fsp3) is 0.360. The zero-order valence-corrected chi connectivity index (χ0v) is 19.8. The molecule has 0 aliphatic carbocycles. The van der Waals surface area contributed by atoms with Gasteiger partial charge in [-0.2, -0.15) is 0 Å². The minimum atomic E-state index is -0.361. The first-order valence-electron chi connectivity index (χ1n) is 11.0. The molecule has 1 aliphatic rings. The van der Waals surface area contributed by atoms with Gasteiger partial charge in [-0.05, 0) is 69.7 Å². The number of nitrogens with zero attached hydrogens (tertiary/aromatic N) is 2. The Morgan fingerprint density at radius 3 is 2.16 bits per heavy atom. The van der Waals surface area contributed by atoms with Gasteiger partial charge in [-0.25, -0.2) is 0 Å². The molecule has 0 saturated heterocycles. The molecule has 7 heteroatoms. The molecule has 2 amide bonds. The summed E-state index contributed by atoms with van der Waals surface area (Å²) in [5.74, 6) is -0.702. The van der Waals surface area contributed by atoms with Crippen molar-refractivity contribution in [3.8, 4) is 0 Å². The SMILES string of the molecule is CCN(CC)c1ccc(NC2=C(c3ccc(Cl)cc3)C(=O)N(CCOC(C)C)C2=O)cc1. The van der Waals surface area contributed by atoms with E-state index in [0.29, 0.717) is 16.2 Å². The van der Waals surface area contributed by atoms with Crippen LogP contribution >= 0.6 is 11.6 Å². The molecule has 2 aromatic rings. The van der Waals surface area contributed by atoms with Crippen molar-refractivity contribution in [1.82, 2.24) is 4.90 Å². The van der Waals surface area contributed by atoms with Gasteiger partial charge in [-0.3, -0.25) is 14.5 Å². The minimum absolute atomic E-state index is 0.0217. The van der Waals surface area contributed by atoms with E-state index in [1.54, 1.807) is 24.3 Å². The van der Waals surface area contributed by atoms with Crippen molar-refractivity contribution in [1.29, 1.82) is 0 Å². The molecule has 0 unspecified atom stereocenters. The fourth-order valence-electron chi connectivity index (χ4n) is 3.65. The largest absolute Gasteiger partial charge is 0.377 e. The molecule has 1 aliphatic heterocycles. The first kappa shape index (κ1) is 23.8. The third kappa shape index (κ3) is 5.31. The highest BCUT2D eigenvalue weighted by Gasteiger charge is 2.39. The second kappa shape index (κ2) is 10.7. The molecule has 0 radical (unpaired) electrons. The van der Waals surface area contributed by atoms with Gasteiger partial charge in [-0.15, -0.1) is 0 Å². The summed E-state index contributed by atoms with van der Waals surface area (Å²) in [5, 5.41) is 3.76. The van der Waals surface area contributed by atoms with Crippen molar-refractivity contribution in [2.75, 3.05) is 36.5 Å². The van der Waals surface area contributed by atoms with E-state index in [1.165, 1.54) is 4.90 Å². The Labute approximate surface area is 194 Å². The lowest BCUT2D eigenvalue weighted by Crippen LogP contribution is -2.35. The van der Waals surface area contributed by atoms with Gasteiger partial charge in [0.25, 0.3) is 11.8 Å². The summed E-state index contributed by atoms with van der Waals surface area (Å²) >= 11 is 6.03. The molecule has 0 aromatic heterocycles. The van der Waals surface area contributed by atoms with E-state index in [4.69, 9.17) is 16.3 Å². The van der Waals surface area contributed by atoms with E-state index in [0.717, 1.165) is 24.5 Å². The summed E-state index contributed by atoms with van der Waals surface area (Å²) in [6, 6.07) is 14.8. The van der Waals surface area contributed by atoms with Crippen molar-refractivity contribution in [3.63, 3.8) is 0 Å². The number of nitrogens with one attached hydrogen (secondary N) is 1. The predicted molar refractivity (Wildman–Crippen MR) is 130 cm³/mol. The zero-order chi connectivity index (χ0) is 23.3. The van der Waals surface area contributed by atoms with Crippen molar-refractivity contribution in [2.45, 2.75) is 33.8 Å². The van der Waals surface area contributed by atoms with Crippen molar-refractivity contribution in [2.24, 2.45) is 0 Å². The second-order valence-electron chi connectivity index (χ2n) is 7.78. The smallest absolute Gasteiger partial charge is 0.278 e. The van der Waals surface area contributed by atoms with Crippen LogP contribution in [-0.2, 0) is 14.3 Å². The Balaban J connectivity index is 1.91. The van der Waals surface area contributed by atoms with E-state index < -0.39 is 0 Å². The quantitative estimate of drug-likeness (QED) is 0.521. The molecular weight excluding hydrogens is 426 g/mol. The number of ether oxygens (including phenoxy) is 1. The van der Waals surface area contributed by atoms with Gasteiger partial charge >= 0.3 is 0 Å². The maximum absolute atomic E-state index is 13.2. The summed E-state index contributed by atoms with van der Waals surface area (Å²) in [6.45, 7) is 10.4. The average molecular weight is 456 g/mol. The summed E-state index contributed by atoms with van der Waals surface area (Å²) < 4.78 is 5.56. The number of benzene rings is 2. The molecule has 170 valence electrons. The van der Waals surface area contributed by atoms with Crippen molar-refractivity contribution >= 4 is 40.4 Å². The summed E-state index contributed by atoms with van der Waals surface area (Å²) in [7, 11) is 0. The number of hydrogen-bond acceptors (Lipinski definition) is 5. The molecule has 1 heterocycles. The van der Waals surface area contributed by atoms with Gasteiger partial charge in [0.1, 0.15) is 5.70 Å². The molecule has 3 rings (SSSR count). The van der Waals surface area contributed by atoms with Crippen LogP contribution in [-0.4, -0.2) is 49.1 Å². The van der Waals surface area contributed by atoms with Gasteiger partial charge in [0.05, 0.1) is 24.8 Å². The van der Waals surface area contributed by atoms with Crippen LogP contribution in [0, 0.1) is 0 Å². The Bertz CT molecular complexity index is 980. The van der Waals surface area contributed by atoms with Crippen LogP contribution in [0.3, 0.4) is 0 Å². The lowest BCUT2D eigenvalue weighted by molar-refractivity contribution is -0.137. The fourth-order valence-corrected chi connectivity index (χ4v) is 3.77. The number of anilines is 2. The van der Waals surface area contributed by atoms with E-state index in [2.05, 4.69) is 24.1 Å². The molecule has 32 heavy (non-hydrogen) atoms. The van der Waals surface area contributed by atoms with E-state index >= 15 is 0 Å². The first-order valence-corrected chi connectivity index (χ1v) is 11.3. The highest BCUT2D eigenvalue weighted by Crippen LogP contribution is 2.31. The monoisotopic (exact) mass is 455 g/mol. The molecule has 0 saturated carbocycles. The highest BCUT2D eigenvalue weighted by atomic mass is 35.5. The van der Waals surface area contributed by atoms with Gasteiger partial charge < -0.3 is 15.0 Å². The van der Waals surface area contributed by atoms with Crippen LogP contribution in [0.5, 0.6) is 0 Å². The van der Waals surface area contributed by atoms with E-state index in [9.17, 15) is 9.59 Å². The first-order chi connectivity index (χ1) is 15.3. The molecule has 0 bridgehead atoms. The number of carbonyl (C=O) groups is 2. The maximum atomic E-state index is 13.2. The van der Waals surface area contributed by atoms with Crippen LogP contribution in [0.15, 0.2) is 54.2 Å². The minimum Gasteiger partial charge on any atom is -0.377 e. The lowest BCUT2D eigenvalue weighted by Gasteiger charge is -2.21. The van der Waals surface area contributed by atoms with E-state index in [-0.39, 0.29) is 36.8 Å². The highest BCUT2D eigenvalue weighted by molar-refractivity contribution is 6.36. The molecule has 6 nitrogen and oxygen atoms in total. The molecule has 0 atom stereocenters. The number of hydrogen-bond donors (Lipinski definition) is 1. The van der Waals surface area contributed by atoms with Crippen LogP contribution in [0.1, 0.15) is 33.3 Å². The van der Waals surface area contributed by atoms with Gasteiger partial charge in [0.15, 0.2) is 0 Å². The Kier molecular flexibility index (Phi) is 7.94. The van der Waals surface area contributed by atoms with Crippen LogP contribution < -0.4 is 10.2 Å². The van der Waals surface area contributed by atoms with Crippen molar-refractivity contribution in [3.05, 3.63) is 64.8 Å². The van der Waals surface area contributed by atoms with Gasteiger partial charge in [0.2, 0.25) is 0 Å². The molecule has 2 aromatic carbocycles. The topological polar surface area (TPSA) is 61.9 Å². The van der Waals surface area contributed by atoms with Crippen molar-refractivity contribution < 1.29 is 14.3 Å². The summed E-state index contributed by atoms with van der Waals surface area (Å²) in [5.41, 5.74) is 3.08. The normalized spacial score (nSPS) is 14.0. The average Bonchev–Trinajstić information content (AvgIpc) is 3.00. The molecule has 0 fully saturated rings. The number of amides is 2. The van der Waals surface area contributed by atoms with Gasteiger partial charge in [0, 0.05) is 29.5 Å². The number of rotatable bonds is 10. The standard InChI is InChI=1S/C25H30ClN3O3/c1-5-28(6-2)21-13-11-20(12-14-21)27-23-22(18-7-9-19(26)10-8-18)24(30)29(25(23)31)15-16-32-17(3)4/h7-14,17,27H,5-6,15-16H2,1-4H3. The second-order valence-corrected chi connectivity index (χ2v) is 8.22. The van der Waals surface area contributed by atoms with Crippen LogP contribution in [0.4, 0.5) is 11.4 Å².